The first-order chi connectivity index (χ1) is 17.6. The monoisotopic (exact) mass is 496 g/mol. The smallest absolute Gasteiger partial charge is 0.166 e. The van der Waals surface area contributed by atoms with Gasteiger partial charge in [-0.2, -0.15) is 0 Å². The first kappa shape index (κ1) is 27.3. The van der Waals surface area contributed by atoms with E-state index in [-0.39, 0.29) is 5.92 Å². The summed E-state index contributed by atoms with van der Waals surface area (Å²) in [5, 5.41) is 0. The van der Waals surface area contributed by atoms with E-state index in [2.05, 4.69) is 19.1 Å². The van der Waals surface area contributed by atoms with Gasteiger partial charge >= 0.3 is 0 Å². The molecule has 0 heterocycles. The lowest BCUT2D eigenvalue weighted by Crippen LogP contribution is -2.18. The Morgan fingerprint density at radius 2 is 1.36 bits per heavy atom. The Labute approximate surface area is 218 Å². The molecule has 2 aromatic rings. The largest absolute Gasteiger partial charge is 0.384 e. The van der Waals surface area contributed by atoms with Gasteiger partial charge in [0.2, 0.25) is 0 Å². The number of hydrogen-bond donors (Lipinski definition) is 0. The molecule has 0 spiro atoms. The van der Waals surface area contributed by atoms with Crippen molar-refractivity contribution < 1.29 is 13.5 Å². The first-order valence-electron chi connectivity index (χ1n) is 14.6. The van der Waals surface area contributed by atoms with Crippen LogP contribution in [0.3, 0.4) is 0 Å². The third kappa shape index (κ3) is 7.18. The molecule has 2 saturated carbocycles. The normalized spacial score (nSPS) is 24.7. The second-order valence-corrected chi connectivity index (χ2v) is 11.6. The van der Waals surface area contributed by atoms with E-state index in [1.54, 1.807) is 13.2 Å². The molecule has 0 aliphatic heterocycles. The van der Waals surface area contributed by atoms with Crippen LogP contribution in [-0.4, -0.2) is 13.7 Å². The highest BCUT2D eigenvalue weighted by atomic mass is 19.2. The highest BCUT2D eigenvalue weighted by Crippen LogP contribution is 2.39. The third-order valence-corrected chi connectivity index (χ3v) is 9.09. The fraction of sp³-hybridized carbons (Fsp3) is 0.636. The fourth-order valence-electron chi connectivity index (χ4n) is 6.69. The van der Waals surface area contributed by atoms with Gasteiger partial charge in [-0.1, -0.05) is 94.7 Å². The van der Waals surface area contributed by atoms with E-state index in [0.717, 1.165) is 56.1 Å². The van der Waals surface area contributed by atoms with Gasteiger partial charge in [-0.15, -0.1) is 0 Å². The summed E-state index contributed by atoms with van der Waals surface area (Å²) >= 11 is 0. The van der Waals surface area contributed by atoms with Gasteiger partial charge in [0.05, 0.1) is 0 Å². The maximum atomic E-state index is 15.1. The zero-order chi connectivity index (χ0) is 25.3. The summed E-state index contributed by atoms with van der Waals surface area (Å²) in [6.45, 7) is 3.05. The lowest BCUT2D eigenvalue weighted by Gasteiger charge is -2.28. The van der Waals surface area contributed by atoms with E-state index in [9.17, 15) is 0 Å². The van der Waals surface area contributed by atoms with Crippen molar-refractivity contribution in [3.63, 3.8) is 0 Å². The average molecular weight is 497 g/mol. The quantitative estimate of drug-likeness (QED) is 0.281. The molecule has 0 bridgehead atoms. The summed E-state index contributed by atoms with van der Waals surface area (Å²) in [5.74, 6) is 1.10. The van der Waals surface area contributed by atoms with Crippen molar-refractivity contribution >= 4 is 0 Å². The Balaban J connectivity index is 1.29. The van der Waals surface area contributed by atoms with Gasteiger partial charge in [0.25, 0.3) is 0 Å². The second kappa shape index (κ2) is 13.7. The Morgan fingerprint density at radius 3 is 2.00 bits per heavy atom. The van der Waals surface area contributed by atoms with Crippen molar-refractivity contribution in [1.82, 2.24) is 0 Å². The molecule has 0 amide bonds. The number of ether oxygens (including phenoxy) is 1. The third-order valence-electron chi connectivity index (χ3n) is 9.09. The number of halogens is 2. The van der Waals surface area contributed by atoms with E-state index >= 15 is 8.78 Å². The molecule has 4 rings (SSSR count). The molecule has 0 saturated heterocycles. The molecule has 0 N–H and O–H groups in total. The zero-order valence-electron chi connectivity index (χ0n) is 22.5. The Bertz CT molecular complexity index is 921. The van der Waals surface area contributed by atoms with E-state index in [0.29, 0.717) is 17.0 Å². The molecule has 198 valence electrons. The van der Waals surface area contributed by atoms with Crippen LogP contribution >= 0.6 is 0 Å². The molecular weight excluding hydrogens is 450 g/mol. The summed E-state index contributed by atoms with van der Waals surface area (Å²) < 4.78 is 35.5. The van der Waals surface area contributed by atoms with Crippen LogP contribution in [0.2, 0.25) is 0 Å². The Hall–Kier alpha value is -1.74. The van der Waals surface area contributed by atoms with E-state index < -0.39 is 11.6 Å². The summed E-state index contributed by atoms with van der Waals surface area (Å²) in [7, 11) is 1.73. The molecular formula is C33H46F2O. The van der Waals surface area contributed by atoms with Crippen molar-refractivity contribution in [2.45, 2.75) is 103 Å². The van der Waals surface area contributed by atoms with Gasteiger partial charge in [0.1, 0.15) is 0 Å². The van der Waals surface area contributed by atoms with E-state index in [1.165, 1.54) is 63.4 Å². The minimum absolute atomic E-state index is 0.107. The molecule has 0 radical (unpaired) electrons. The van der Waals surface area contributed by atoms with Crippen molar-refractivity contribution in [2.75, 3.05) is 13.7 Å². The number of benzene rings is 2. The first-order valence-corrected chi connectivity index (χ1v) is 14.6. The molecule has 0 aromatic heterocycles. The number of aryl methyl sites for hydroxylation is 1. The van der Waals surface area contributed by atoms with Gasteiger partial charge in [-0.3, -0.25) is 0 Å². The maximum Gasteiger partial charge on any atom is 0.166 e. The lowest BCUT2D eigenvalue weighted by atomic mass is 9.77. The molecule has 36 heavy (non-hydrogen) atoms. The van der Waals surface area contributed by atoms with Gasteiger partial charge in [-0.05, 0) is 78.9 Å². The molecule has 2 fully saturated rings. The minimum Gasteiger partial charge on any atom is -0.384 e. The number of hydrogen-bond acceptors (Lipinski definition) is 1. The van der Waals surface area contributed by atoms with Crippen molar-refractivity contribution in [2.24, 2.45) is 17.8 Å². The topological polar surface area (TPSA) is 9.23 Å². The van der Waals surface area contributed by atoms with Crippen LogP contribution in [0.1, 0.15) is 107 Å². The predicted octanol–water partition coefficient (Wildman–Crippen LogP) is 9.87. The Morgan fingerprint density at radius 1 is 0.722 bits per heavy atom. The Kier molecular flexibility index (Phi) is 10.4. The zero-order valence-corrected chi connectivity index (χ0v) is 22.5. The predicted molar refractivity (Wildman–Crippen MR) is 146 cm³/mol. The van der Waals surface area contributed by atoms with Crippen molar-refractivity contribution in [3.8, 4) is 11.1 Å². The SMILES string of the molecule is CCCCCC1CCC(CCc2ccc(-c3ccc(C4CCC(COC)CC4)c(F)c3F)cc2)CC1. The van der Waals surface area contributed by atoms with E-state index in [1.807, 2.05) is 18.2 Å². The van der Waals surface area contributed by atoms with Crippen molar-refractivity contribution in [1.29, 1.82) is 0 Å². The summed E-state index contributed by atoms with van der Waals surface area (Å²) in [4.78, 5) is 0. The molecule has 2 aliphatic rings. The maximum absolute atomic E-state index is 15.1. The number of methoxy groups -OCH3 is 1. The van der Waals surface area contributed by atoms with Gasteiger partial charge in [-0.25, -0.2) is 8.78 Å². The van der Waals surface area contributed by atoms with Crippen molar-refractivity contribution in [3.05, 3.63) is 59.2 Å². The molecule has 2 aromatic carbocycles. The second-order valence-electron chi connectivity index (χ2n) is 11.6. The molecule has 3 heteroatoms. The summed E-state index contributed by atoms with van der Waals surface area (Å²) in [5.41, 5.74) is 2.98. The van der Waals surface area contributed by atoms with Crippen LogP contribution in [0.15, 0.2) is 36.4 Å². The van der Waals surface area contributed by atoms with Crippen LogP contribution in [0.4, 0.5) is 8.78 Å². The lowest BCUT2D eigenvalue weighted by molar-refractivity contribution is 0.127. The van der Waals surface area contributed by atoms with Crippen LogP contribution in [0.25, 0.3) is 11.1 Å². The van der Waals surface area contributed by atoms with Crippen LogP contribution in [0, 0.1) is 29.4 Å². The fourth-order valence-corrected chi connectivity index (χ4v) is 6.69. The van der Waals surface area contributed by atoms with Gasteiger partial charge in [0, 0.05) is 19.3 Å². The number of rotatable bonds is 11. The van der Waals surface area contributed by atoms with Gasteiger partial charge in [0.15, 0.2) is 11.6 Å². The standard InChI is InChI=1S/C33H46F2O/c1-3-4-5-6-24-7-9-25(10-8-24)11-12-26-13-17-28(18-14-26)30-21-22-31(33(35)32(30)34)29-19-15-27(16-20-29)23-36-2/h13-14,17-18,21-22,24-25,27,29H,3-12,15-16,19-20,23H2,1-2H3. The molecule has 0 unspecified atom stereocenters. The average Bonchev–Trinajstić information content (AvgIpc) is 2.91. The summed E-state index contributed by atoms with van der Waals surface area (Å²) in [6, 6.07) is 11.7. The summed E-state index contributed by atoms with van der Waals surface area (Å²) in [6.07, 6.45) is 17.2. The molecule has 1 nitrogen and oxygen atoms in total. The van der Waals surface area contributed by atoms with E-state index in [4.69, 9.17) is 4.74 Å². The minimum atomic E-state index is -0.699. The van der Waals surface area contributed by atoms with Crippen LogP contribution in [-0.2, 0) is 11.2 Å². The van der Waals surface area contributed by atoms with Gasteiger partial charge < -0.3 is 4.74 Å². The highest BCUT2D eigenvalue weighted by molar-refractivity contribution is 5.65. The number of unbranched alkanes of at least 4 members (excludes halogenated alkanes) is 2. The highest BCUT2D eigenvalue weighted by Gasteiger charge is 2.26. The molecule has 0 atom stereocenters. The molecule has 2 aliphatic carbocycles. The van der Waals surface area contributed by atoms with Crippen LogP contribution < -0.4 is 0 Å². The van der Waals surface area contributed by atoms with Crippen LogP contribution in [0.5, 0.6) is 0 Å².